The van der Waals surface area contributed by atoms with Crippen molar-refractivity contribution >= 4 is 35.8 Å². The number of phenolic OH excluding ortho intramolecular Hbond substituents is 1. The van der Waals surface area contributed by atoms with Crippen LogP contribution >= 0.6 is 0 Å². The number of nitrogens with one attached hydrogen (secondary N) is 1. The molecule has 12 nitrogen and oxygen atoms in total. The van der Waals surface area contributed by atoms with Crippen LogP contribution in [0.5, 0.6) is 5.75 Å². The highest BCUT2D eigenvalue weighted by atomic mass is 16.6. The predicted octanol–water partition coefficient (Wildman–Crippen LogP) is 4.67. The zero-order chi connectivity index (χ0) is 35.2. The van der Waals surface area contributed by atoms with Gasteiger partial charge in [0.1, 0.15) is 5.75 Å². The third-order valence-electron chi connectivity index (χ3n) is 11.1. The molecule has 4 heterocycles. The summed E-state index contributed by atoms with van der Waals surface area (Å²) in [7, 11) is 0. The summed E-state index contributed by atoms with van der Waals surface area (Å²) in [4.78, 5) is 59.2. The minimum Gasteiger partial charge on any atom is -0.507 e. The van der Waals surface area contributed by atoms with Crippen molar-refractivity contribution in [2.45, 2.75) is 63.5 Å². The maximum Gasteiger partial charge on any atom is 0.410 e. The first-order valence-electron chi connectivity index (χ1n) is 18.0. The second-order valence-electron chi connectivity index (χ2n) is 14.1. The summed E-state index contributed by atoms with van der Waals surface area (Å²) in [5.41, 5.74) is 3.24. The van der Waals surface area contributed by atoms with Crippen LogP contribution < -0.4 is 5.32 Å². The van der Waals surface area contributed by atoms with E-state index in [0.29, 0.717) is 63.0 Å². The number of carboxylic acids is 1. The molecule has 50 heavy (non-hydrogen) atoms. The standard InChI is InChI=1S/C38H49N5O7/c1-2-27-23-26(7-8-33(27)44)24-34(36(47)41-18-11-29(12-19-41)28-9-16-40(17-10-28)25-35(45)46)50-38(49)42-20-14-31(15-21-42)43-22-13-30-5-3-4-6-32(30)39-37(43)48/h2-8,23,28-29,31,34,44H,1,9-22,24-25H2,(H,39,48)(H,45,46)/t34-/m1/s1. The summed E-state index contributed by atoms with van der Waals surface area (Å²) in [6.45, 7) is 8.00. The van der Waals surface area contributed by atoms with Gasteiger partial charge in [-0.15, -0.1) is 0 Å². The van der Waals surface area contributed by atoms with Gasteiger partial charge < -0.3 is 35.0 Å². The number of phenols is 1. The van der Waals surface area contributed by atoms with Crippen molar-refractivity contribution in [3.63, 3.8) is 0 Å². The van der Waals surface area contributed by atoms with Crippen molar-refractivity contribution in [1.82, 2.24) is 19.6 Å². The zero-order valence-electron chi connectivity index (χ0n) is 28.7. The molecule has 0 radical (unpaired) electrons. The Balaban J connectivity index is 1.06. The maximum atomic E-state index is 14.0. The molecule has 12 heteroatoms. The average molecular weight is 688 g/mol. The molecule has 4 aliphatic heterocycles. The van der Waals surface area contributed by atoms with Crippen molar-refractivity contribution < 1.29 is 34.1 Å². The Labute approximate surface area is 293 Å². The molecule has 2 aromatic rings. The molecule has 268 valence electrons. The van der Waals surface area contributed by atoms with Gasteiger partial charge >= 0.3 is 18.1 Å². The molecule has 4 amide bonds. The number of amides is 4. The minimum absolute atomic E-state index is 0.00851. The number of rotatable bonds is 9. The molecule has 3 saturated heterocycles. The number of hydrogen-bond donors (Lipinski definition) is 3. The Hall–Kier alpha value is -4.58. The molecule has 2 aromatic carbocycles. The molecule has 3 N–H and O–H groups in total. The van der Waals surface area contributed by atoms with E-state index in [2.05, 4.69) is 11.9 Å². The van der Waals surface area contributed by atoms with Crippen LogP contribution in [0.3, 0.4) is 0 Å². The van der Waals surface area contributed by atoms with Gasteiger partial charge in [-0.3, -0.25) is 14.5 Å². The number of benzene rings is 2. The fourth-order valence-electron chi connectivity index (χ4n) is 8.15. The van der Waals surface area contributed by atoms with E-state index < -0.39 is 18.2 Å². The van der Waals surface area contributed by atoms with Crippen LogP contribution in [0.15, 0.2) is 49.0 Å². The fraction of sp³-hybridized carbons (Fsp3) is 0.526. The number of anilines is 1. The van der Waals surface area contributed by atoms with E-state index in [1.165, 1.54) is 0 Å². The number of fused-ring (bicyclic) bond motifs is 1. The molecule has 0 aromatic heterocycles. The van der Waals surface area contributed by atoms with Crippen LogP contribution in [-0.4, -0.2) is 118 Å². The van der Waals surface area contributed by atoms with Crippen LogP contribution in [0.2, 0.25) is 0 Å². The van der Waals surface area contributed by atoms with Crippen LogP contribution in [0, 0.1) is 11.8 Å². The zero-order valence-corrected chi connectivity index (χ0v) is 28.7. The van der Waals surface area contributed by atoms with Crippen LogP contribution in [0.25, 0.3) is 6.08 Å². The number of aromatic hydroxyl groups is 1. The quantitative estimate of drug-likeness (QED) is 0.345. The first-order valence-corrected chi connectivity index (χ1v) is 18.0. The second-order valence-corrected chi connectivity index (χ2v) is 14.1. The van der Waals surface area contributed by atoms with Crippen molar-refractivity contribution in [3.05, 3.63) is 65.7 Å². The van der Waals surface area contributed by atoms with Gasteiger partial charge in [-0.05, 0) is 99.2 Å². The van der Waals surface area contributed by atoms with Crippen LogP contribution in [-0.2, 0) is 27.2 Å². The third-order valence-corrected chi connectivity index (χ3v) is 11.1. The molecular weight excluding hydrogens is 638 g/mol. The van der Waals surface area contributed by atoms with E-state index in [1.54, 1.807) is 29.2 Å². The van der Waals surface area contributed by atoms with Gasteiger partial charge in [0.05, 0.1) is 6.54 Å². The Kier molecular flexibility index (Phi) is 11.3. The molecule has 4 aliphatic rings. The number of carbonyl (C=O) groups is 4. The topological polar surface area (TPSA) is 143 Å². The highest BCUT2D eigenvalue weighted by Crippen LogP contribution is 2.33. The first-order chi connectivity index (χ1) is 24.2. The van der Waals surface area contributed by atoms with Gasteiger partial charge in [0.15, 0.2) is 6.10 Å². The molecule has 0 spiro atoms. The lowest BCUT2D eigenvalue weighted by atomic mass is 9.78. The normalized spacial score (nSPS) is 20.4. The highest BCUT2D eigenvalue weighted by Gasteiger charge is 2.37. The number of piperidine rings is 3. The number of hydrogen-bond acceptors (Lipinski definition) is 7. The Morgan fingerprint density at radius 3 is 2.24 bits per heavy atom. The largest absolute Gasteiger partial charge is 0.507 e. The first kappa shape index (κ1) is 35.3. The second kappa shape index (κ2) is 16.0. The molecule has 6 rings (SSSR count). The SMILES string of the molecule is C=Cc1cc(C[C@@H](OC(=O)N2CCC(N3CCc4ccccc4NC3=O)CC2)C(=O)N2CCC(C3CCN(CC(=O)O)CC3)CC2)ccc1O. The Morgan fingerprint density at radius 1 is 0.900 bits per heavy atom. The molecular formula is C38H49N5O7. The summed E-state index contributed by atoms with van der Waals surface area (Å²) in [6, 6.07) is 12.8. The van der Waals surface area contributed by atoms with Crippen molar-refractivity contribution in [2.24, 2.45) is 11.8 Å². The van der Waals surface area contributed by atoms with E-state index >= 15 is 0 Å². The van der Waals surface area contributed by atoms with E-state index in [0.717, 1.165) is 62.0 Å². The molecule has 0 saturated carbocycles. The molecule has 0 unspecified atom stereocenters. The summed E-state index contributed by atoms with van der Waals surface area (Å²) in [6.07, 6.45) is 5.77. The Morgan fingerprint density at radius 2 is 1.56 bits per heavy atom. The van der Waals surface area contributed by atoms with Crippen molar-refractivity contribution in [1.29, 1.82) is 0 Å². The van der Waals surface area contributed by atoms with Crippen molar-refractivity contribution in [2.75, 3.05) is 57.7 Å². The number of aliphatic carboxylic acids is 1. The number of urea groups is 1. The molecule has 1 atom stereocenters. The summed E-state index contributed by atoms with van der Waals surface area (Å²) >= 11 is 0. The van der Waals surface area contributed by atoms with Gasteiger partial charge in [-0.2, -0.15) is 0 Å². The summed E-state index contributed by atoms with van der Waals surface area (Å²) in [5.74, 6) is 0.0535. The summed E-state index contributed by atoms with van der Waals surface area (Å²) < 4.78 is 6.02. The van der Waals surface area contributed by atoms with Gasteiger partial charge in [-0.25, -0.2) is 9.59 Å². The predicted molar refractivity (Wildman–Crippen MR) is 189 cm³/mol. The average Bonchev–Trinajstić information content (AvgIpc) is 3.30. The van der Waals surface area contributed by atoms with E-state index in [9.17, 15) is 24.3 Å². The van der Waals surface area contributed by atoms with Gasteiger partial charge in [0.25, 0.3) is 5.91 Å². The summed E-state index contributed by atoms with van der Waals surface area (Å²) in [5, 5.41) is 22.3. The number of carbonyl (C=O) groups excluding carboxylic acids is 3. The van der Waals surface area contributed by atoms with Crippen LogP contribution in [0.1, 0.15) is 55.2 Å². The van der Waals surface area contributed by atoms with Crippen molar-refractivity contribution in [3.8, 4) is 5.75 Å². The van der Waals surface area contributed by atoms with Gasteiger partial charge in [0.2, 0.25) is 0 Å². The third kappa shape index (κ3) is 8.40. The smallest absolute Gasteiger partial charge is 0.410 e. The number of para-hydroxylation sites is 1. The van der Waals surface area contributed by atoms with Gasteiger partial charge in [-0.1, -0.05) is 36.9 Å². The lowest BCUT2D eigenvalue weighted by Gasteiger charge is -2.41. The monoisotopic (exact) mass is 687 g/mol. The lowest BCUT2D eigenvalue weighted by Crippen LogP contribution is -2.52. The van der Waals surface area contributed by atoms with E-state index in [4.69, 9.17) is 9.84 Å². The van der Waals surface area contributed by atoms with Crippen LogP contribution in [0.4, 0.5) is 15.3 Å². The minimum atomic E-state index is -1.03. The molecule has 0 aliphatic carbocycles. The highest BCUT2D eigenvalue weighted by molar-refractivity contribution is 5.91. The fourth-order valence-corrected chi connectivity index (χ4v) is 8.15. The molecule has 3 fully saturated rings. The number of carboxylic acid groups (broad SMARTS) is 1. The number of likely N-dealkylation sites (tertiary alicyclic amines) is 3. The maximum absolute atomic E-state index is 14.0. The number of ether oxygens (including phenoxy) is 1. The lowest BCUT2D eigenvalue weighted by molar-refractivity contribution is -0.142. The Bertz CT molecular complexity index is 1560. The molecule has 0 bridgehead atoms. The van der Waals surface area contributed by atoms with E-state index in [1.807, 2.05) is 39.0 Å². The number of nitrogens with zero attached hydrogens (tertiary/aromatic N) is 4. The van der Waals surface area contributed by atoms with E-state index in [-0.39, 0.29) is 36.7 Å². The van der Waals surface area contributed by atoms with Gasteiger partial charge in [0, 0.05) is 56.4 Å².